The van der Waals surface area contributed by atoms with Gasteiger partial charge in [0.1, 0.15) is 0 Å². The van der Waals surface area contributed by atoms with Crippen LogP contribution in [0, 0.1) is 5.92 Å². The van der Waals surface area contributed by atoms with Crippen LogP contribution < -0.4 is 11.1 Å². The predicted octanol–water partition coefficient (Wildman–Crippen LogP) is 2.46. The molecule has 1 aromatic rings. The van der Waals surface area contributed by atoms with Gasteiger partial charge in [0.25, 0.3) is 5.91 Å². The van der Waals surface area contributed by atoms with E-state index in [4.69, 9.17) is 10.8 Å². The second-order valence-corrected chi connectivity index (χ2v) is 5.47. The molecule has 1 aromatic carbocycles. The van der Waals surface area contributed by atoms with E-state index in [0.29, 0.717) is 15.7 Å². The highest BCUT2D eigenvalue weighted by Gasteiger charge is 2.20. The van der Waals surface area contributed by atoms with E-state index in [-0.39, 0.29) is 18.4 Å². The number of carbonyl (C=O) groups excluding carboxylic acids is 1. The summed E-state index contributed by atoms with van der Waals surface area (Å²) in [6, 6.07) is 4.91. The number of hydrogen-bond donors (Lipinski definition) is 3. The van der Waals surface area contributed by atoms with E-state index in [1.165, 1.54) is 0 Å². The van der Waals surface area contributed by atoms with Gasteiger partial charge in [0, 0.05) is 16.2 Å². The third-order valence-electron chi connectivity index (χ3n) is 2.80. The summed E-state index contributed by atoms with van der Waals surface area (Å²) in [6.07, 6.45) is -0.0254. The maximum absolute atomic E-state index is 11.5. The molecule has 0 aliphatic heterocycles. The molecule has 6 heteroatoms. The number of hydrogen-bond acceptors (Lipinski definition) is 3. The van der Waals surface area contributed by atoms with Crippen LogP contribution >= 0.6 is 15.9 Å². The molecule has 104 valence electrons. The van der Waals surface area contributed by atoms with Gasteiger partial charge in [-0.15, -0.1) is 0 Å². The number of halogens is 1. The van der Waals surface area contributed by atoms with E-state index in [1.807, 2.05) is 13.8 Å². The Morgan fingerprint density at radius 2 is 2.05 bits per heavy atom. The van der Waals surface area contributed by atoms with Gasteiger partial charge in [-0.25, -0.2) is 0 Å². The zero-order chi connectivity index (χ0) is 14.6. The molecule has 0 saturated heterocycles. The molecule has 1 rings (SSSR count). The molecule has 1 amide bonds. The van der Waals surface area contributed by atoms with Crippen molar-refractivity contribution in [3.8, 4) is 0 Å². The molecule has 0 spiro atoms. The number of carbonyl (C=O) groups is 2. The summed E-state index contributed by atoms with van der Waals surface area (Å²) in [6.45, 7) is 3.84. The molecule has 0 fully saturated rings. The summed E-state index contributed by atoms with van der Waals surface area (Å²) in [5.74, 6) is -1.34. The first-order chi connectivity index (χ1) is 8.82. The van der Waals surface area contributed by atoms with Crippen LogP contribution in [-0.2, 0) is 4.79 Å². The molecular formula is C13H17BrN2O3. The van der Waals surface area contributed by atoms with Crippen LogP contribution in [0.4, 0.5) is 5.69 Å². The third-order valence-corrected chi connectivity index (χ3v) is 3.46. The molecule has 0 aromatic heterocycles. The summed E-state index contributed by atoms with van der Waals surface area (Å²) in [5.41, 5.74) is 6.22. The summed E-state index contributed by atoms with van der Waals surface area (Å²) in [7, 11) is 0. The van der Waals surface area contributed by atoms with Crippen molar-refractivity contribution in [2.45, 2.75) is 26.3 Å². The lowest BCUT2D eigenvalue weighted by atomic mass is 10.00. The number of primary amides is 1. The second kappa shape index (κ2) is 6.56. The summed E-state index contributed by atoms with van der Waals surface area (Å²) < 4.78 is 0.586. The number of aliphatic carboxylic acids is 1. The molecule has 0 radical (unpaired) electrons. The Balaban J connectivity index is 3.06. The third kappa shape index (κ3) is 4.24. The molecule has 19 heavy (non-hydrogen) atoms. The highest BCUT2D eigenvalue weighted by molar-refractivity contribution is 9.10. The van der Waals surface area contributed by atoms with Crippen LogP contribution in [0.3, 0.4) is 0 Å². The first-order valence-corrected chi connectivity index (χ1v) is 6.69. The smallest absolute Gasteiger partial charge is 0.305 e. The molecule has 1 atom stereocenters. The maximum Gasteiger partial charge on any atom is 0.305 e. The lowest BCUT2D eigenvalue weighted by Gasteiger charge is -2.23. The molecule has 0 bridgehead atoms. The van der Waals surface area contributed by atoms with Crippen molar-refractivity contribution >= 4 is 33.5 Å². The van der Waals surface area contributed by atoms with Crippen molar-refractivity contribution in [1.82, 2.24) is 0 Å². The quantitative estimate of drug-likeness (QED) is 0.747. The Morgan fingerprint density at radius 3 is 2.53 bits per heavy atom. The van der Waals surface area contributed by atoms with Crippen LogP contribution in [0.15, 0.2) is 22.7 Å². The molecule has 0 saturated carbocycles. The standard InChI is InChI=1S/C13H17BrN2O3/c1-7(2)10(6-11(17)18)16-9-5-3-4-8(14)12(9)13(15)19/h3-5,7,10,16H,6H2,1-2H3,(H2,15,19)(H,17,18). The number of rotatable bonds is 6. The minimum atomic E-state index is -0.887. The molecule has 1 unspecified atom stereocenters. The van der Waals surface area contributed by atoms with E-state index in [9.17, 15) is 9.59 Å². The number of benzene rings is 1. The highest BCUT2D eigenvalue weighted by Crippen LogP contribution is 2.26. The van der Waals surface area contributed by atoms with E-state index in [2.05, 4.69) is 21.2 Å². The van der Waals surface area contributed by atoms with Gasteiger partial charge in [0.05, 0.1) is 12.0 Å². The fourth-order valence-electron chi connectivity index (χ4n) is 1.74. The van der Waals surface area contributed by atoms with E-state index < -0.39 is 11.9 Å². The van der Waals surface area contributed by atoms with E-state index in [0.717, 1.165) is 0 Å². The summed E-state index contributed by atoms with van der Waals surface area (Å²) >= 11 is 3.27. The molecule has 0 heterocycles. The van der Waals surface area contributed by atoms with Crippen molar-refractivity contribution in [3.63, 3.8) is 0 Å². The average molecular weight is 329 g/mol. The number of amides is 1. The van der Waals surface area contributed by atoms with Gasteiger partial charge in [-0.1, -0.05) is 19.9 Å². The van der Waals surface area contributed by atoms with Crippen molar-refractivity contribution in [2.75, 3.05) is 5.32 Å². The van der Waals surface area contributed by atoms with Gasteiger partial charge in [-0.3, -0.25) is 9.59 Å². The van der Waals surface area contributed by atoms with Gasteiger partial charge in [-0.05, 0) is 34.0 Å². The average Bonchev–Trinajstić information content (AvgIpc) is 2.26. The monoisotopic (exact) mass is 328 g/mol. The van der Waals surface area contributed by atoms with Gasteiger partial charge in [0.2, 0.25) is 0 Å². The van der Waals surface area contributed by atoms with Crippen LogP contribution in [0.2, 0.25) is 0 Å². The first-order valence-electron chi connectivity index (χ1n) is 5.89. The summed E-state index contributed by atoms with van der Waals surface area (Å²) in [5, 5.41) is 12.0. The minimum Gasteiger partial charge on any atom is -0.481 e. The Morgan fingerprint density at radius 1 is 1.42 bits per heavy atom. The Labute approximate surface area is 120 Å². The number of carboxylic acid groups (broad SMARTS) is 1. The first kappa shape index (κ1) is 15.5. The Bertz CT molecular complexity index is 489. The molecule has 0 aliphatic carbocycles. The molecule has 0 aliphatic rings. The Kier molecular flexibility index (Phi) is 5.35. The SMILES string of the molecule is CC(C)C(CC(=O)O)Nc1cccc(Br)c1C(N)=O. The van der Waals surface area contributed by atoms with Gasteiger partial charge in [-0.2, -0.15) is 0 Å². The lowest BCUT2D eigenvalue weighted by molar-refractivity contribution is -0.137. The number of carboxylic acids is 1. The molecule has 5 nitrogen and oxygen atoms in total. The fraction of sp³-hybridized carbons (Fsp3) is 0.385. The van der Waals surface area contributed by atoms with Crippen molar-refractivity contribution in [3.05, 3.63) is 28.2 Å². The van der Waals surface area contributed by atoms with Gasteiger partial charge in [0.15, 0.2) is 0 Å². The number of nitrogens with two attached hydrogens (primary N) is 1. The molecular weight excluding hydrogens is 312 g/mol. The van der Waals surface area contributed by atoms with E-state index in [1.54, 1.807) is 18.2 Å². The van der Waals surface area contributed by atoms with Gasteiger partial charge >= 0.3 is 5.97 Å². The molecule has 4 N–H and O–H groups in total. The maximum atomic E-state index is 11.5. The van der Waals surface area contributed by atoms with Crippen LogP contribution in [0.1, 0.15) is 30.6 Å². The lowest BCUT2D eigenvalue weighted by Crippen LogP contribution is -2.30. The zero-order valence-corrected chi connectivity index (χ0v) is 12.4. The summed E-state index contributed by atoms with van der Waals surface area (Å²) in [4.78, 5) is 22.3. The number of anilines is 1. The van der Waals surface area contributed by atoms with Gasteiger partial charge < -0.3 is 16.2 Å². The van der Waals surface area contributed by atoms with E-state index >= 15 is 0 Å². The van der Waals surface area contributed by atoms with Crippen molar-refractivity contribution < 1.29 is 14.7 Å². The predicted molar refractivity (Wildman–Crippen MR) is 77.2 cm³/mol. The van der Waals surface area contributed by atoms with Crippen LogP contribution in [0.25, 0.3) is 0 Å². The fourth-order valence-corrected chi connectivity index (χ4v) is 2.30. The largest absolute Gasteiger partial charge is 0.481 e. The minimum absolute atomic E-state index is 0.0254. The second-order valence-electron chi connectivity index (χ2n) is 4.62. The normalized spacial score (nSPS) is 12.2. The topological polar surface area (TPSA) is 92.4 Å². The van der Waals surface area contributed by atoms with Crippen LogP contribution in [0.5, 0.6) is 0 Å². The van der Waals surface area contributed by atoms with Crippen LogP contribution in [-0.4, -0.2) is 23.0 Å². The Hall–Kier alpha value is -1.56. The zero-order valence-electron chi connectivity index (χ0n) is 10.8. The van der Waals surface area contributed by atoms with Crippen molar-refractivity contribution in [1.29, 1.82) is 0 Å². The highest BCUT2D eigenvalue weighted by atomic mass is 79.9. The number of nitrogens with one attached hydrogen (secondary N) is 1. The van der Waals surface area contributed by atoms with Crippen molar-refractivity contribution in [2.24, 2.45) is 11.7 Å².